The number of aryl methyl sites for hydroxylation is 1. The second-order valence-corrected chi connectivity index (χ2v) is 4.95. The molecule has 0 aliphatic rings. The Hall–Kier alpha value is -2.27. The lowest BCUT2D eigenvalue weighted by atomic mass is 10.0. The molecule has 0 amide bonds. The Bertz CT molecular complexity index is 643. The summed E-state index contributed by atoms with van der Waals surface area (Å²) in [5.74, 6) is 0.642. The maximum Gasteiger partial charge on any atom is 0.160 e. The Kier molecular flexibility index (Phi) is 5.22. The first-order valence-corrected chi connectivity index (χ1v) is 6.92. The van der Waals surface area contributed by atoms with Gasteiger partial charge in [-0.2, -0.15) is 0 Å². The van der Waals surface area contributed by atoms with Gasteiger partial charge in [0.05, 0.1) is 20.3 Å². The van der Waals surface area contributed by atoms with Crippen LogP contribution in [0, 0.1) is 5.82 Å². The van der Waals surface area contributed by atoms with Gasteiger partial charge in [0.25, 0.3) is 0 Å². The number of phenolic OH excluding ortho intramolecular Hbond substituents is 1. The number of phenols is 1. The molecule has 0 aromatic heterocycles. The molecule has 2 rings (SSSR count). The van der Waals surface area contributed by atoms with Crippen molar-refractivity contribution in [3.05, 3.63) is 53.3 Å². The normalized spacial score (nSPS) is 12.0. The zero-order valence-electron chi connectivity index (χ0n) is 12.5. The minimum absolute atomic E-state index is 0.0680. The number of rotatable bonds is 6. The summed E-state index contributed by atoms with van der Waals surface area (Å²) >= 11 is 0. The molecule has 1 atom stereocenters. The molecule has 0 saturated carbocycles. The van der Waals surface area contributed by atoms with Crippen LogP contribution >= 0.6 is 0 Å². The van der Waals surface area contributed by atoms with Crippen molar-refractivity contribution in [1.82, 2.24) is 0 Å². The average molecular weight is 306 g/mol. The molecule has 0 saturated heterocycles. The van der Waals surface area contributed by atoms with Crippen molar-refractivity contribution >= 4 is 0 Å². The highest BCUT2D eigenvalue weighted by atomic mass is 19.1. The zero-order valence-corrected chi connectivity index (χ0v) is 12.5. The van der Waals surface area contributed by atoms with Gasteiger partial charge in [-0.15, -0.1) is 0 Å². The Morgan fingerprint density at radius 1 is 1.05 bits per heavy atom. The number of halogens is 1. The van der Waals surface area contributed by atoms with E-state index >= 15 is 0 Å². The standard InChI is InChI=1S/C17H19FO4/c1-21-16-8-4-11(9-17(16)22-2)3-7-15(20)13-10-12(19)5-6-14(13)18/h4-6,8-10,15,19-20H,3,7H2,1-2H3. The number of benzene rings is 2. The molecule has 0 radical (unpaired) electrons. The van der Waals surface area contributed by atoms with Crippen LogP contribution < -0.4 is 9.47 Å². The number of hydrogen-bond acceptors (Lipinski definition) is 4. The van der Waals surface area contributed by atoms with Crippen molar-refractivity contribution < 1.29 is 24.1 Å². The van der Waals surface area contributed by atoms with Crippen LogP contribution in [0.15, 0.2) is 36.4 Å². The molecule has 118 valence electrons. The van der Waals surface area contributed by atoms with Gasteiger partial charge in [-0.25, -0.2) is 4.39 Å². The maximum atomic E-state index is 13.7. The van der Waals surface area contributed by atoms with E-state index in [9.17, 15) is 14.6 Å². The first-order chi connectivity index (χ1) is 10.5. The number of aliphatic hydroxyl groups excluding tert-OH is 1. The van der Waals surface area contributed by atoms with E-state index in [0.29, 0.717) is 24.3 Å². The van der Waals surface area contributed by atoms with E-state index in [4.69, 9.17) is 9.47 Å². The highest BCUT2D eigenvalue weighted by Crippen LogP contribution is 2.30. The van der Waals surface area contributed by atoms with Gasteiger partial charge in [0.15, 0.2) is 11.5 Å². The lowest BCUT2D eigenvalue weighted by Gasteiger charge is -2.13. The quantitative estimate of drug-likeness (QED) is 0.860. The van der Waals surface area contributed by atoms with Crippen LogP contribution in [0.2, 0.25) is 0 Å². The molecule has 0 heterocycles. The van der Waals surface area contributed by atoms with E-state index in [1.807, 2.05) is 12.1 Å². The first kappa shape index (κ1) is 16.1. The van der Waals surface area contributed by atoms with Gasteiger partial charge < -0.3 is 19.7 Å². The molecule has 5 heteroatoms. The fourth-order valence-electron chi connectivity index (χ4n) is 2.28. The summed E-state index contributed by atoms with van der Waals surface area (Å²) in [6.07, 6.45) is -0.118. The summed E-state index contributed by atoms with van der Waals surface area (Å²) in [6.45, 7) is 0. The van der Waals surface area contributed by atoms with E-state index in [-0.39, 0.29) is 11.3 Å². The summed E-state index contributed by atoms with van der Waals surface area (Å²) in [7, 11) is 3.12. The van der Waals surface area contributed by atoms with E-state index in [1.165, 1.54) is 12.1 Å². The number of ether oxygens (including phenoxy) is 2. The summed E-state index contributed by atoms with van der Waals surface area (Å²) in [5.41, 5.74) is 1.04. The van der Waals surface area contributed by atoms with E-state index in [1.54, 1.807) is 20.3 Å². The number of methoxy groups -OCH3 is 2. The van der Waals surface area contributed by atoms with Crippen LogP contribution in [0.25, 0.3) is 0 Å². The minimum Gasteiger partial charge on any atom is -0.508 e. The van der Waals surface area contributed by atoms with Gasteiger partial charge in [-0.1, -0.05) is 6.07 Å². The zero-order chi connectivity index (χ0) is 16.1. The molecular formula is C17H19FO4. The Morgan fingerprint density at radius 2 is 1.77 bits per heavy atom. The molecule has 0 spiro atoms. The second-order valence-electron chi connectivity index (χ2n) is 4.95. The van der Waals surface area contributed by atoms with Gasteiger partial charge in [0.1, 0.15) is 11.6 Å². The molecule has 2 aromatic rings. The molecular weight excluding hydrogens is 287 g/mol. The molecule has 0 aliphatic heterocycles. The summed E-state index contributed by atoms with van der Waals surface area (Å²) in [5, 5.41) is 19.5. The van der Waals surface area contributed by atoms with Crippen molar-refractivity contribution in [2.75, 3.05) is 14.2 Å². The third-order valence-electron chi connectivity index (χ3n) is 3.49. The molecule has 22 heavy (non-hydrogen) atoms. The summed E-state index contributed by atoms with van der Waals surface area (Å²) in [6, 6.07) is 9.12. The highest BCUT2D eigenvalue weighted by Gasteiger charge is 2.14. The fraction of sp³-hybridized carbons (Fsp3) is 0.294. The van der Waals surface area contributed by atoms with Gasteiger partial charge in [0.2, 0.25) is 0 Å². The van der Waals surface area contributed by atoms with Crippen LogP contribution in [-0.4, -0.2) is 24.4 Å². The molecule has 2 aromatic carbocycles. The molecule has 1 unspecified atom stereocenters. The molecule has 0 fully saturated rings. The Balaban J connectivity index is 2.07. The maximum absolute atomic E-state index is 13.7. The minimum atomic E-state index is -0.986. The largest absolute Gasteiger partial charge is 0.508 e. The van der Waals surface area contributed by atoms with Crippen molar-refractivity contribution in [2.45, 2.75) is 18.9 Å². The predicted molar refractivity (Wildman–Crippen MR) is 80.9 cm³/mol. The van der Waals surface area contributed by atoms with Crippen LogP contribution in [0.5, 0.6) is 17.2 Å². The van der Waals surface area contributed by atoms with E-state index in [2.05, 4.69) is 0 Å². The number of hydrogen-bond donors (Lipinski definition) is 2. The van der Waals surface area contributed by atoms with Gasteiger partial charge in [-0.05, 0) is 48.7 Å². The SMILES string of the molecule is COc1ccc(CCC(O)c2cc(O)ccc2F)cc1OC. The second kappa shape index (κ2) is 7.13. The van der Waals surface area contributed by atoms with E-state index < -0.39 is 11.9 Å². The first-order valence-electron chi connectivity index (χ1n) is 6.92. The predicted octanol–water partition coefficient (Wildman–Crippen LogP) is 3.21. The van der Waals surface area contributed by atoms with Crippen LogP contribution in [0.1, 0.15) is 23.7 Å². The van der Waals surface area contributed by atoms with Crippen LogP contribution in [-0.2, 0) is 6.42 Å². The Labute approximate surface area is 128 Å². The molecule has 0 aliphatic carbocycles. The van der Waals surface area contributed by atoms with Gasteiger partial charge in [-0.3, -0.25) is 0 Å². The highest BCUT2D eigenvalue weighted by molar-refractivity contribution is 5.43. The smallest absolute Gasteiger partial charge is 0.160 e. The van der Waals surface area contributed by atoms with Gasteiger partial charge in [0, 0.05) is 5.56 Å². The lowest BCUT2D eigenvalue weighted by Crippen LogP contribution is -2.03. The van der Waals surface area contributed by atoms with Crippen molar-refractivity contribution in [3.8, 4) is 17.2 Å². The Morgan fingerprint density at radius 3 is 2.45 bits per heavy atom. The fourth-order valence-corrected chi connectivity index (χ4v) is 2.28. The molecule has 2 N–H and O–H groups in total. The third-order valence-corrected chi connectivity index (χ3v) is 3.49. The van der Waals surface area contributed by atoms with Gasteiger partial charge >= 0.3 is 0 Å². The average Bonchev–Trinajstić information content (AvgIpc) is 2.54. The lowest BCUT2D eigenvalue weighted by molar-refractivity contribution is 0.162. The topological polar surface area (TPSA) is 58.9 Å². The monoisotopic (exact) mass is 306 g/mol. The molecule has 0 bridgehead atoms. The van der Waals surface area contributed by atoms with Crippen molar-refractivity contribution in [2.24, 2.45) is 0 Å². The van der Waals surface area contributed by atoms with Crippen LogP contribution in [0.3, 0.4) is 0 Å². The summed E-state index contributed by atoms with van der Waals surface area (Å²) < 4.78 is 24.0. The summed E-state index contributed by atoms with van der Waals surface area (Å²) in [4.78, 5) is 0. The third kappa shape index (κ3) is 3.68. The van der Waals surface area contributed by atoms with Crippen molar-refractivity contribution in [3.63, 3.8) is 0 Å². The number of aromatic hydroxyl groups is 1. The number of aliphatic hydroxyl groups is 1. The molecule has 4 nitrogen and oxygen atoms in total. The van der Waals surface area contributed by atoms with Crippen LogP contribution in [0.4, 0.5) is 4.39 Å². The van der Waals surface area contributed by atoms with Crippen molar-refractivity contribution in [1.29, 1.82) is 0 Å². The van der Waals surface area contributed by atoms with E-state index in [0.717, 1.165) is 11.6 Å².